The first-order chi connectivity index (χ1) is 15.3. The van der Waals surface area contributed by atoms with E-state index in [0.717, 1.165) is 36.7 Å². The minimum absolute atomic E-state index is 0.515. The van der Waals surface area contributed by atoms with Gasteiger partial charge in [0, 0.05) is 36.3 Å². The topological polar surface area (TPSA) is 38.5 Å². The van der Waals surface area contributed by atoms with E-state index in [-0.39, 0.29) is 0 Å². The smallest absolute Gasteiger partial charge is 0.185 e. The van der Waals surface area contributed by atoms with Crippen LogP contribution in [-0.2, 0) is 13.0 Å². The van der Waals surface area contributed by atoms with Crippen molar-refractivity contribution < 1.29 is 4.74 Å². The van der Waals surface area contributed by atoms with Gasteiger partial charge in [0.2, 0.25) is 0 Å². The zero-order valence-electron chi connectivity index (χ0n) is 18.4. The summed E-state index contributed by atoms with van der Waals surface area (Å²) < 4.78 is 8.27. The summed E-state index contributed by atoms with van der Waals surface area (Å²) in [5.41, 5.74) is 2.48. The van der Waals surface area contributed by atoms with Crippen LogP contribution in [0.5, 0.6) is 11.5 Å². The van der Waals surface area contributed by atoms with Crippen molar-refractivity contribution in [1.82, 2.24) is 4.57 Å². The molecule has 1 fully saturated rings. The summed E-state index contributed by atoms with van der Waals surface area (Å²) in [5, 5.41) is 5.83. The molecule has 0 spiro atoms. The van der Waals surface area contributed by atoms with Crippen molar-refractivity contribution in [3.63, 3.8) is 0 Å². The molecule has 31 heavy (non-hydrogen) atoms. The first-order valence-electron chi connectivity index (χ1n) is 11.6. The van der Waals surface area contributed by atoms with Crippen molar-refractivity contribution in [3.05, 3.63) is 70.5 Å². The van der Waals surface area contributed by atoms with Gasteiger partial charge in [-0.3, -0.25) is 4.99 Å². The molecule has 1 aromatic heterocycles. The van der Waals surface area contributed by atoms with E-state index in [1.54, 1.807) is 11.3 Å². The number of benzene rings is 2. The van der Waals surface area contributed by atoms with E-state index >= 15 is 0 Å². The number of nitrogens with zero attached hydrogens (tertiary/aromatic N) is 2. The lowest BCUT2D eigenvalue weighted by atomic mass is 10.1. The number of aromatic nitrogens is 1. The van der Waals surface area contributed by atoms with Crippen LogP contribution < -0.4 is 14.9 Å². The number of rotatable bonds is 8. The normalized spacial score (nSPS) is 15.6. The van der Waals surface area contributed by atoms with Crippen molar-refractivity contribution >= 4 is 17.0 Å². The van der Waals surface area contributed by atoms with Crippen LogP contribution in [0.1, 0.15) is 51.1 Å². The number of hydrogen-bond donors (Lipinski definition) is 1. The van der Waals surface area contributed by atoms with Crippen LogP contribution in [-0.4, -0.2) is 17.2 Å². The Balaban J connectivity index is 1.32. The van der Waals surface area contributed by atoms with Gasteiger partial charge in [-0.05, 0) is 56.2 Å². The summed E-state index contributed by atoms with van der Waals surface area (Å²) in [6, 6.07) is 18.6. The van der Waals surface area contributed by atoms with Gasteiger partial charge in [-0.2, -0.15) is 0 Å². The molecule has 1 aliphatic carbocycles. The fraction of sp³-hybridized carbons (Fsp3) is 0.423. The van der Waals surface area contributed by atoms with Crippen LogP contribution in [0.15, 0.2) is 65.0 Å². The van der Waals surface area contributed by atoms with Crippen molar-refractivity contribution in [2.24, 2.45) is 4.99 Å². The summed E-state index contributed by atoms with van der Waals surface area (Å²) in [6.07, 6.45) is 8.91. The Morgan fingerprint density at radius 2 is 1.68 bits per heavy atom. The zero-order valence-corrected chi connectivity index (χ0v) is 19.2. The maximum atomic E-state index is 5.87. The average molecular weight is 436 g/mol. The van der Waals surface area contributed by atoms with Gasteiger partial charge >= 0.3 is 0 Å². The Morgan fingerprint density at radius 1 is 0.968 bits per heavy atom. The van der Waals surface area contributed by atoms with Crippen molar-refractivity contribution in [3.8, 4) is 11.5 Å². The van der Waals surface area contributed by atoms with Crippen molar-refractivity contribution in [2.45, 2.75) is 64.5 Å². The second-order valence-corrected chi connectivity index (χ2v) is 8.98. The number of nitrogens with one attached hydrogen (secondary N) is 1. The molecule has 4 rings (SSSR count). The molecule has 4 nitrogen and oxygen atoms in total. The van der Waals surface area contributed by atoms with E-state index in [1.807, 2.05) is 42.5 Å². The van der Waals surface area contributed by atoms with Crippen LogP contribution >= 0.6 is 11.3 Å². The Hall–Kier alpha value is -2.53. The summed E-state index contributed by atoms with van der Waals surface area (Å²) in [4.78, 5) is 6.33. The lowest BCUT2D eigenvalue weighted by Crippen LogP contribution is -2.21. The van der Waals surface area contributed by atoms with E-state index in [4.69, 9.17) is 9.73 Å². The number of hydrogen-bond acceptors (Lipinski definition) is 4. The molecule has 0 radical (unpaired) electrons. The summed E-state index contributed by atoms with van der Waals surface area (Å²) >= 11 is 1.80. The molecule has 0 atom stereocenters. The van der Waals surface area contributed by atoms with Crippen LogP contribution in [0, 0.1) is 0 Å². The largest absolute Gasteiger partial charge is 0.457 e. The van der Waals surface area contributed by atoms with Gasteiger partial charge in [-0.15, -0.1) is 11.3 Å². The molecule has 1 heterocycles. The Kier molecular flexibility index (Phi) is 7.83. The highest BCUT2D eigenvalue weighted by Crippen LogP contribution is 2.23. The Bertz CT molecular complexity index is 983. The minimum atomic E-state index is 0.515. The number of thiazole rings is 1. The fourth-order valence-electron chi connectivity index (χ4n) is 4.15. The first kappa shape index (κ1) is 21.7. The molecule has 1 aliphatic rings. The zero-order chi connectivity index (χ0) is 21.3. The van der Waals surface area contributed by atoms with Gasteiger partial charge in [0.05, 0.1) is 6.04 Å². The molecule has 0 unspecified atom stereocenters. The highest BCUT2D eigenvalue weighted by atomic mass is 32.1. The van der Waals surface area contributed by atoms with Crippen LogP contribution in [0.25, 0.3) is 0 Å². The van der Waals surface area contributed by atoms with Gasteiger partial charge in [-0.25, -0.2) is 0 Å². The molecule has 0 amide bonds. The van der Waals surface area contributed by atoms with E-state index in [0.29, 0.717) is 6.04 Å². The predicted octanol–water partition coefficient (Wildman–Crippen LogP) is 6.64. The van der Waals surface area contributed by atoms with Crippen LogP contribution in [0.2, 0.25) is 0 Å². The lowest BCUT2D eigenvalue weighted by molar-refractivity contribution is 0.483. The van der Waals surface area contributed by atoms with E-state index in [9.17, 15) is 0 Å². The standard InChI is InChI=1S/C26H33N3OS/c1-2-29-23(20-31-26(29)28-22-10-6-3-4-7-11-22)18-19-27-21-14-16-25(17-15-21)30-24-12-8-5-9-13-24/h5,8-9,12-17,20,22,27H,2-4,6-7,10-11,18-19H2,1H3. The second-order valence-electron chi connectivity index (χ2n) is 8.14. The highest BCUT2D eigenvalue weighted by molar-refractivity contribution is 7.07. The second kappa shape index (κ2) is 11.2. The monoisotopic (exact) mass is 435 g/mol. The third-order valence-electron chi connectivity index (χ3n) is 5.86. The van der Waals surface area contributed by atoms with Gasteiger partial charge in [0.15, 0.2) is 4.80 Å². The maximum absolute atomic E-state index is 5.87. The lowest BCUT2D eigenvalue weighted by Gasteiger charge is -2.11. The highest BCUT2D eigenvalue weighted by Gasteiger charge is 2.12. The molecule has 1 N–H and O–H groups in total. The number of anilines is 1. The third kappa shape index (κ3) is 6.23. The van der Waals surface area contributed by atoms with E-state index in [1.165, 1.54) is 49.0 Å². The van der Waals surface area contributed by atoms with E-state index in [2.05, 4.69) is 34.3 Å². The number of ether oxygens (including phenoxy) is 1. The molecule has 0 bridgehead atoms. The summed E-state index contributed by atoms with van der Waals surface area (Å²) in [5.74, 6) is 1.71. The molecule has 1 saturated carbocycles. The van der Waals surface area contributed by atoms with E-state index < -0.39 is 0 Å². The van der Waals surface area contributed by atoms with Crippen molar-refractivity contribution in [1.29, 1.82) is 0 Å². The number of para-hydroxylation sites is 1. The summed E-state index contributed by atoms with van der Waals surface area (Å²) in [6.45, 7) is 4.11. The van der Waals surface area contributed by atoms with Gasteiger partial charge < -0.3 is 14.6 Å². The molecule has 2 aromatic carbocycles. The van der Waals surface area contributed by atoms with Crippen molar-refractivity contribution in [2.75, 3.05) is 11.9 Å². The van der Waals surface area contributed by atoms with Gasteiger partial charge in [0.25, 0.3) is 0 Å². The van der Waals surface area contributed by atoms with Crippen LogP contribution in [0.3, 0.4) is 0 Å². The van der Waals surface area contributed by atoms with Gasteiger partial charge in [0.1, 0.15) is 11.5 Å². The average Bonchev–Trinajstić information content (AvgIpc) is 3.00. The molecule has 5 heteroatoms. The quantitative estimate of drug-likeness (QED) is 0.403. The molecular weight excluding hydrogens is 402 g/mol. The Labute approximate surface area is 189 Å². The Morgan fingerprint density at radius 3 is 2.39 bits per heavy atom. The molecule has 0 saturated heterocycles. The van der Waals surface area contributed by atoms with Crippen LogP contribution in [0.4, 0.5) is 5.69 Å². The van der Waals surface area contributed by atoms with Gasteiger partial charge in [-0.1, -0.05) is 43.9 Å². The molecular formula is C26H33N3OS. The minimum Gasteiger partial charge on any atom is -0.457 e. The molecule has 164 valence electrons. The SMILES string of the molecule is CCn1c(CCNc2ccc(Oc3ccccc3)cc2)csc1=NC1CCCCCC1. The fourth-order valence-corrected chi connectivity index (χ4v) is 5.22. The maximum Gasteiger partial charge on any atom is 0.185 e. The third-order valence-corrected chi connectivity index (χ3v) is 6.78. The predicted molar refractivity (Wildman–Crippen MR) is 130 cm³/mol. The molecule has 3 aromatic rings. The molecule has 0 aliphatic heterocycles. The summed E-state index contributed by atoms with van der Waals surface area (Å²) in [7, 11) is 0. The first-order valence-corrected chi connectivity index (χ1v) is 12.5.